The highest BCUT2D eigenvalue weighted by Crippen LogP contribution is 2.34. The standard InChI is InChI=1S/C22H26F3N5O2/c1-13-3-8-18(15-4-6-16(7-5-15)28-12-22(23,24)25)30(11-13)21(32)20(31)29-17-9-14(2)19(26)27-10-17/h4-7,9-10,13,18,28H,3,8,11-12H2,1-2H3,(H2,26,27)(H,29,31)/t13-,18+/m1/s1. The van der Waals surface area contributed by atoms with Crippen molar-refractivity contribution in [3.63, 3.8) is 0 Å². The van der Waals surface area contributed by atoms with Crippen LogP contribution in [-0.2, 0) is 9.59 Å². The first kappa shape index (κ1) is 23.4. The molecule has 1 fully saturated rings. The zero-order chi connectivity index (χ0) is 23.5. The number of likely N-dealkylation sites (tertiary alicyclic amines) is 1. The molecule has 2 atom stereocenters. The number of alkyl halides is 3. The van der Waals surface area contributed by atoms with Gasteiger partial charge in [-0.1, -0.05) is 19.1 Å². The van der Waals surface area contributed by atoms with Gasteiger partial charge in [-0.3, -0.25) is 9.59 Å². The Bertz CT molecular complexity index is 979. The monoisotopic (exact) mass is 449 g/mol. The predicted molar refractivity (Wildman–Crippen MR) is 116 cm³/mol. The average molecular weight is 449 g/mol. The van der Waals surface area contributed by atoms with Crippen molar-refractivity contribution >= 4 is 29.0 Å². The summed E-state index contributed by atoms with van der Waals surface area (Å²) in [5, 5.41) is 4.89. The molecule has 1 aromatic carbocycles. The van der Waals surface area contributed by atoms with Crippen molar-refractivity contribution in [1.82, 2.24) is 9.88 Å². The van der Waals surface area contributed by atoms with Gasteiger partial charge < -0.3 is 21.3 Å². The summed E-state index contributed by atoms with van der Waals surface area (Å²) < 4.78 is 37.2. The van der Waals surface area contributed by atoms with E-state index >= 15 is 0 Å². The second kappa shape index (κ2) is 9.46. The molecule has 0 unspecified atom stereocenters. The Kier molecular flexibility index (Phi) is 6.90. The van der Waals surface area contributed by atoms with Crippen LogP contribution in [0, 0.1) is 12.8 Å². The van der Waals surface area contributed by atoms with Crippen LogP contribution in [-0.4, -0.2) is 41.0 Å². The Labute approximate surface area is 184 Å². The van der Waals surface area contributed by atoms with Crippen molar-refractivity contribution in [1.29, 1.82) is 0 Å². The van der Waals surface area contributed by atoms with Crippen LogP contribution in [0.3, 0.4) is 0 Å². The van der Waals surface area contributed by atoms with E-state index in [1.165, 1.54) is 11.1 Å². The summed E-state index contributed by atoms with van der Waals surface area (Å²) in [6.07, 6.45) is -1.41. The fraction of sp³-hybridized carbons (Fsp3) is 0.409. The fourth-order valence-electron chi connectivity index (χ4n) is 3.72. The Hall–Kier alpha value is -3.30. The number of carbonyl (C=O) groups is 2. The van der Waals surface area contributed by atoms with Gasteiger partial charge in [0, 0.05) is 12.2 Å². The molecule has 1 aliphatic rings. The van der Waals surface area contributed by atoms with E-state index in [0.29, 0.717) is 35.7 Å². The predicted octanol–water partition coefficient (Wildman–Crippen LogP) is 3.88. The van der Waals surface area contributed by atoms with Crippen molar-refractivity contribution < 1.29 is 22.8 Å². The summed E-state index contributed by atoms with van der Waals surface area (Å²) in [5.74, 6) is -0.891. The number of hydrogen-bond donors (Lipinski definition) is 3. The molecular weight excluding hydrogens is 423 g/mol. The molecule has 1 aromatic heterocycles. The highest BCUT2D eigenvalue weighted by atomic mass is 19.4. The summed E-state index contributed by atoms with van der Waals surface area (Å²) in [7, 11) is 0. The number of carbonyl (C=O) groups excluding carboxylic acids is 2. The van der Waals surface area contributed by atoms with Crippen LogP contribution in [0.2, 0.25) is 0 Å². The van der Waals surface area contributed by atoms with Crippen molar-refractivity contribution in [2.75, 3.05) is 29.5 Å². The van der Waals surface area contributed by atoms with Gasteiger partial charge >= 0.3 is 18.0 Å². The highest BCUT2D eigenvalue weighted by Gasteiger charge is 2.34. The number of amides is 2. The third-order valence-electron chi connectivity index (χ3n) is 5.44. The topological polar surface area (TPSA) is 100 Å². The number of aromatic nitrogens is 1. The molecule has 1 saturated heterocycles. The van der Waals surface area contributed by atoms with Gasteiger partial charge in [-0.2, -0.15) is 13.2 Å². The highest BCUT2D eigenvalue weighted by molar-refractivity contribution is 6.39. The molecule has 2 heterocycles. The number of rotatable bonds is 4. The average Bonchev–Trinajstić information content (AvgIpc) is 2.74. The second-order valence-electron chi connectivity index (χ2n) is 8.13. The third-order valence-corrected chi connectivity index (χ3v) is 5.44. The molecule has 0 saturated carbocycles. The van der Waals surface area contributed by atoms with Crippen LogP contribution in [0.1, 0.15) is 36.9 Å². The first-order valence-corrected chi connectivity index (χ1v) is 10.3. The minimum Gasteiger partial charge on any atom is -0.383 e. The van der Waals surface area contributed by atoms with Gasteiger partial charge in [0.15, 0.2) is 0 Å². The first-order chi connectivity index (χ1) is 15.0. The molecule has 2 amide bonds. The maximum Gasteiger partial charge on any atom is 0.405 e. The van der Waals surface area contributed by atoms with Gasteiger partial charge in [0.1, 0.15) is 12.4 Å². The smallest absolute Gasteiger partial charge is 0.383 e. The van der Waals surface area contributed by atoms with Gasteiger partial charge in [0.2, 0.25) is 0 Å². The molecule has 3 rings (SSSR count). The molecule has 0 bridgehead atoms. The molecule has 0 aliphatic carbocycles. The number of pyridine rings is 1. The summed E-state index contributed by atoms with van der Waals surface area (Å²) in [4.78, 5) is 31.1. The van der Waals surface area contributed by atoms with Crippen LogP contribution < -0.4 is 16.4 Å². The molecule has 10 heteroatoms. The molecular formula is C22H26F3N5O2. The van der Waals surface area contributed by atoms with E-state index in [1.807, 2.05) is 6.92 Å². The molecule has 1 aliphatic heterocycles. The van der Waals surface area contributed by atoms with Crippen LogP contribution >= 0.6 is 0 Å². The Balaban J connectivity index is 1.73. The summed E-state index contributed by atoms with van der Waals surface area (Å²) >= 11 is 0. The number of aryl methyl sites for hydroxylation is 1. The lowest BCUT2D eigenvalue weighted by molar-refractivity contribution is -0.146. The van der Waals surface area contributed by atoms with Crippen molar-refractivity contribution in [3.8, 4) is 0 Å². The number of halogens is 3. The summed E-state index contributed by atoms with van der Waals surface area (Å²) in [6, 6.07) is 7.76. The van der Waals surface area contributed by atoms with E-state index in [0.717, 1.165) is 12.0 Å². The number of nitrogens with one attached hydrogen (secondary N) is 2. The summed E-state index contributed by atoms with van der Waals surface area (Å²) in [6.45, 7) is 3.03. The van der Waals surface area contributed by atoms with Crippen molar-refractivity contribution in [2.24, 2.45) is 5.92 Å². The van der Waals surface area contributed by atoms with Crippen LogP contribution in [0.15, 0.2) is 36.5 Å². The van der Waals surface area contributed by atoms with E-state index in [1.54, 1.807) is 37.3 Å². The van der Waals surface area contributed by atoms with E-state index in [-0.39, 0.29) is 12.0 Å². The van der Waals surface area contributed by atoms with Crippen LogP contribution in [0.5, 0.6) is 0 Å². The zero-order valence-corrected chi connectivity index (χ0v) is 17.9. The van der Waals surface area contributed by atoms with Crippen molar-refractivity contribution in [2.45, 2.75) is 38.9 Å². The van der Waals surface area contributed by atoms with Crippen molar-refractivity contribution in [3.05, 3.63) is 47.7 Å². The summed E-state index contributed by atoms with van der Waals surface area (Å²) in [5.41, 5.74) is 7.83. The number of hydrogen-bond acceptors (Lipinski definition) is 5. The number of nitrogen functional groups attached to an aromatic ring is 1. The molecule has 4 N–H and O–H groups in total. The fourth-order valence-corrected chi connectivity index (χ4v) is 3.72. The Morgan fingerprint density at radius 1 is 1.19 bits per heavy atom. The SMILES string of the molecule is Cc1cc(NC(=O)C(=O)N2C[C@H](C)CC[C@H]2c2ccc(NCC(F)(F)F)cc2)cnc1N. The zero-order valence-electron chi connectivity index (χ0n) is 17.9. The lowest BCUT2D eigenvalue weighted by Crippen LogP contribution is -2.46. The molecule has 7 nitrogen and oxygen atoms in total. The maximum absolute atomic E-state index is 13.0. The maximum atomic E-state index is 13.0. The van der Waals surface area contributed by atoms with E-state index in [9.17, 15) is 22.8 Å². The van der Waals surface area contributed by atoms with E-state index < -0.39 is 24.5 Å². The van der Waals surface area contributed by atoms with Gasteiger partial charge in [-0.25, -0.2) is 4.98 Å². The second-order valence-corrected chi connectivity index (χ2v) is 8.13. The number of piperidine rings is 1. The van der Waals surface area contributed by atoms with Crippen LogP contribution in [0.4, 0.5) is 30.4 Å². The van der Waals surface area contributed by atoms with Gasteiger partial charge in [0.05, 0.1) is 17.9 Å². The molecule has 2 aromatic rings. The number of nitrogens with zero attached hydrogens (tertiary/aromatic N) is 2. The van der Waals surface area contributed by atoms with E-state index in [4.69, 9.17) is 5.73 Å². The lowest BCUT2D eigenvalue weighted by Gasteiger charge is -2.38. The van der Waals surface area contributed by atoms with Crippen LogP contribution in [0.25, 0.3) is 0 Å². The molecule has 0 spiro atoms. The minimum atomic E-state index is -4.31. The van der Waals surface area contributed by atoms with Gasteiger partial charge in [-0.15, -0.1) is 0 Å². The van der Waals surface area contributed by atoms with Gasteiger partial charge in [0.25, 0.3) is 0 Å². The Morgan fingerprint density at radius 3 is 2.50 bits per heavy atom. The van der Waals surface area contributed by atoms with Gasteiger partial charge in [-0.05, 0) is 55.0 Å². The number of anilines is 3. The number of benzene rings is 1. The largest absolute Gasteiger partial charge is 0.405 e. The minimum absolute atomic E-state index is 0.219. The lowest BCUT2D eigenvalue weighted by atomic mass is 9.89. The van der Waals surface area contributed by atoms with E-state index in [2.05, 4.69) is 15.6 Å². The number of nitrogens with two attached hydrogens (primary N) is 1. The molecule has 172 valence electrons. The Morgan fingerprint density at radius 2 is 1.88 bits per heavy atom. The molecule has 32 heavy (non-hydrogen) atoms. The third kappa shape index (κ3) is 5.89. The molecule has 0 radical (unpaired) electrons. The quantitative estimate of drug-likeness (QED) is 0.615. The normalized spacial score (nSPS) is 18.8. The first-order valence-electron chi connectivity index (χ1n) is 10.3.